The lowest BCUT2D eigenvalue weighted by Crippen LogP contribution is -2.29. The Bertz CT molecular complexity index is 1250. The number of carbonyl (C=O) groups excluding carboxylic acids is 2. The summed E-state index contributed by atoms with van der Waals surface area (Å²) in [5.41, 5.74) is 2.44. The summed E-state index contributed by atoms with van der Waals surface area (Å²) in [5, 5.41) is 11.9. The third-order valence-electron chi connectivity index (χ3n) is 5.33. The minimum atomic E-state index is -0.822. The maximum Gasteiger partial charge on any atom is 0.300 e. The van der Waals surface area contributed by atoms with Crippen LogP contribution in [0.15, 0.2) is 72.3 Å². The molecule has 7 heteroatoms. The molecule has 1 heterocycles. The highest BCUT2D eigenvalue weighted by Gasteiger charge is 2.47. The number of anilines is 1. The minimum Gasteiger partial charge on any atom is -0.507 e. The molecule has 1 atom stereocenters. The zero-order chi connectivity index (χ0) is 23.0. The molecule has 1 saturated heterocycles. The SMILES string of the molecule is COc1ccc(/C(O)=C2/C(=O)C(=O)N(c3ccc(Cl)cc3)C2c2cccc(C)c2)cc1Cl. The molecule has 3 aromatic carbocycles. The number of aliphatic hydroxyl groups excluding tert-OH is 1. The van der Waals surface area contributed by atoms with E-state index in [1.54, 1.807) is 36.4 Å². The van der Waals surface area contributed by atoms with Crippen molar-refractivity contribution in [3.8, 4) is 5.75 Å². The Balaban J connectivity index is 1.94. The van der Waals surface area contributed by atoms with E-state index >= 15 is 0 Å². The van der Waals surface area contributed by atoms with E-state index in [1.807, 2.05) is 31.2 Å². The number of amides is 1. The molecule has 1 aliphatic heterocycles. The molecule has 1 amide bonds. The molecule has 3 aromatic rings. The van der Waals surface area contributed by atoms with Crippen LogP contribution in [0.3, 0.4) is 0 Å². The lowest BCUT2D eigenvalue weighted by molar-refractivity contribution is -0.132. The van der Waals surface area contributed by atoms with E-state index in [-0.39, 0.29) is 16.4 Å². The first-order valence-electron chi connectivity index (χ1n) is 9.79. The summed E-state index contributed by atoms with van der Waals surface area (Å²) in [6.07, 6.45) is 0. The predicted molar refractivity (Wildman–Crippen MR) is 125 cm³/mol. The summed E-state index contributed by atoms with van der Waals surface area (Å²) in [6, 6.07) is 17.9. The van der Waals surface area contributed by atoms with Crippen LogP contribution in [0.25, 0.3) is 5.76 Å². The second kappa shape index (κ2) is 8.69. The number of halogens is 2. The average molecular weight is 468 g/mol. The van der Waals surface area contributed by atoms with E-state index in [4.69, 9.17) is 27.9 Å². The van der Waals surface area contributed by atoms with E-state index in [2.05, 4.69) is 0 Å². The van der Waals surface area contributed by atoms with Crippen molar-refractivity contribution in [2.24, 2.45) is 0 Å². The number of aryl methyl sites for hydroxylation is 1. The Labute approximate surface area is 195 Å². The fourth-order valence-corrected chi connectivity index (χ4v) is 4.21. The van der Waals surface area contributed by atoms with Crippen molar-refractivity contribution < 1.29 is 19.4 Å². The Kier molecular flexibility index (Phi) is 5.96. The van der Waals surface area contributed by atoms with Crippen LogP contribution in [0.1, 0.15) is 22.7 Å². The number of aliphatic hydroxyl groups is 1. The van der Waals surface area contributed by atoms with Crippen molar-refractivity contribution in [1.29, 1.82) is 0 Å². The Morgan fingerprint density at radius 1 is 1.00 bits per heavy atom. The van der Waals surface area contributed by atoms with Crippen LogP contribution in [0, 0.1) is 6.92 Å². The van der Waals surface area contributed by atoms with Crippen LogP contribution in [-0.2, 0) is 9.59 Å². The molecule has 162 valence electrons. The molecule has 4 rings (SSSR count). The lowest BCUT2D eigenvalue weighted by Gasteiger charge is -2.25. The summed E-state index contributed by atoms with van der Waals surface area (Å²) in [5.74, 6) is -1.40. The molecule has 1 fully saturated rings. The standard InChI is InChI=1S/C25H19Cl2NO4/c1-14-4-3-5-15(12-14)22-21(23(29)16-6-11-20(32-2)19(27)13-16)24(30)25(31)28(22)18-9-7-17(26)8-10-18/h3-13,22,29H,1-2H3/b23-21-. The Morgan fingerprint density at radius 2 is 1.72 bits per heavy atom. The number of methoxy groups -OCH3 is 1. The molecule has 1 unspecified atom stereocenters. The monoisotopic (exact) mass is 467 g/mol. The van der Waals surface area contributed by atoms with Crippen LogP contribution in [0.4, 0.5) is 5.69 Å². The quantitative estimate of drug-likeness (QED) is 0.293. The highest BCUT2D eigenvalue weighted by molar-refractivity contribution is 6.51. The van der Waals surface area contributed by atoms with E-state index in [0.717, 1.165) is 5.56 Å². The van der Waals surface area contributed by atoms with Gasteiger partial charge in [-0.25, -0.2) is 0 Å². The third-order valence-corrected chi connectivity index (χ3v) is 5.88. The molecule has 1 N–H and O–H groups in total. The van der Waals surface area contributed by atoms with Crippen molar-refractivity contribution in [2.75, 3.05) is 12.0 Å². The maximum atomic E-state index is 13.2. The number of hydrogen-bond acceptors (Lipinski definition) is 4. The molecule has 0 aliphatic carbocycles. The average Bonchev–Trinajstić information content (AvgIpc) is 3.04. The Hall–Kier alpha value is -3.28. The van der Waals surface area contributed by atoms with Crippen molar-refractivity contribution in [3.63, 3.8) is 0 Å². The van der Waals surface area contributed by atoms with Crippen LogP contribution in [-0.4, -0.2) is 23.9 Å². The summed E-state index contributed by atoms with van der Waals surface area (Å²) in [6.45, 7) is 1.92. The molecule has 0 aromatic heterocycles. The summed E-state index contributed by atoms with van der Waals surface area (Å²) in [4.78, 5) is 27.7. The number of benzene rings is 3. The molecule has 0 bridgehead atoms. The van der Waals surface area contributed by atoms with Gasteiger partial charge in [-0.05, 0) is 55.0 Å². The molecular weight excluding hydrogens is 449 g/mol. The van der Waals surface area contributed by atoms with Crippen molar-refractivity contribution in [3.05, 3.63) is 99.0 Å². The first-order chi connectivity index (χ1) is 15.3. The van der Waals surface area contributed by atoms with Gasteiger partial charge in [0.15, 0.2) is 0 Å². The van der Waals surface area contributed by atoms with Crippen LogP contribution in [0.5, 0.6) is 5.75 Å². The van der Waals surface area contributed by atoms with Crippen LogP contribution in [0.2, 0.25) is 10.0 Å². The second-order valence-electron chi connectivity index (χ2n) is 7.41. The van der Waals surface area contributed by atoms with Crippen molar-refractivity contribution >= 4 is 46.3 Å². The second-order valence-corrected chi connectivity index (χ2v) is 8.25. The van der Waals surface area contributed by atoms with Crippen LogP contribution >= 0.6 is 23.2 Å². The van der Waals surface area contributed by atoms with E-state index in [9.17, 15) is 14.7 Å². The largest absolute Gasteiger partial charge is 0.507 e. The van der Waals surface area contributed by atoms with Gasteiger partial charge in [0, 0.05) is 16.3 Å². The molecule has 0 saturated carbocycles. The first-order valence-corrected chi connectivity index (χ1v) is 10.5. The fraction of sp³-hybridized carbons (Fsp3) is 0.120. The molecule has 32 heavy (non-hydrogen) atoms. The zero-order valence-corrected chi connectivity index (χ0v) is 18.8. The third kappa shape index (κ3) is 3.85. The van der Waals surface area contributed by atoms with Gasteiger partial charge in [0.25, 0.3) is 11.7 Å². The van der Waals surface area contributed by atoms with Gasteiger partial charge in [-0.15, -0.1) is 0 Å². The van der Waals surface area contributed by atoms with Gasteiger partial charge >= 0.3 is 0 Å². The van der Waals surface area contributed by atoms with Gasteiger partial charge in [-0.2, -0.15) is 0 Å². The number of carbonyl (C=O) groups is 2. The topological polar surface area (TPSA) is 66.8 Å². The van der Waals surface area contributed by atoms with E-state index in [0.29, 0.717) is 27.6 Å². The number of ketones is 1. The molecular formula is C25H19Cl2NO4. The van der Waals surface area contributed by atoms with Gasteiger partial charge in [-0.3, -0.25) is 14.5 Å². The lowest BCUT2D eigenvalue weighted by atomic mass is 9.94. The summed E-state index contributed by atoms with van der Waals surface area (Å²) in [7, 11) is 1.48. The molecule has 0 spiro atoms. The number of rotatable bonds is 4. The van der Waals surface area contributed by atoms with Gasteiger partial charge in [0.05, 0.1) is 23.7 Å². The van der Waals surface area contributed by atoms with Gasteiger partial charge in [0.2, 0.25) is 0 Å². The first kappa shape index (κ1) is 21.9. The van der Waals surface area contributed by atoms with Crippen molar-refractivity contribution in [2.45, 2.75) is 13.0 Å². The fourth-order valence-electron chi connectivity index (χ4n) is 3.83. The number of hydrogen-bond donors (Lipinski definition) is 1. The summed E-state index contributed by atoms with van der Waals surface area (Å²) >= 11 is 12.2. The highest BCUT2D eigenvalue weighted by Crippen LogP contribution is 2.43. The smallest absolute Gasteiger partial charge is 0.300 e. The molecule has 0 radical (unpaired) electrons. The highest BCUT2D eigenvalue weighted by atomic mass is 35.5. The molecule has 5 nitrogen and oxygen atoms in total. The van der Waals surface area contributed by atoms with Gasteiger partial charge in [-0.1, -0.05) is 53.0 Å². The normalized spacial score (nSPS) is 17.6. The van der Waals surface area contributed by atoms with E-state index in [1.165, 1.54) is 18.1 Å². The minimum absolute atomic E-state index is 0.0169. The van der Waals surface area contributed by atoms with Gasteiger partial charge < -0.3 is 9.84 Å². The Morgan fingerprint density at radius 3 is 2.34 bits per heavy atom. The summed E-state index contributed by atoms with van der Waals surface area (Å²) < 4.78 is 5.16. The maximum absolute atomic E-state index is 13.2. The molecule has 1 aliphatic rings. The number of nitrogens with zero attached hydrogens (tertiary/aromatic N) is 1. The number of Topliss-reactive ketones (excluding diaryl/α,β-unsaturated/α-hetero) is 1. The van der Waals surface area contributed by atoms with Crippen molar-refractivity contribution in [1.82, 2.24) is 0 Å². The van der Waals surface area contributed by atoms with E-state index < -0.39 is 17.7 Å². The zero-order valence-electron chi connectivity index (χ0n) is 17.3. The predicted octanol–water partition coefficient (Wildman–Crippen LogP) is 5.94. The van der Waals surface area contributed by atoms with Crippen LogP contribution < -0.4 is 9.64 Å². The number of ether oxygens (including phenoxy) is 1. The van der Waals surface area contributed by atoms with Gasteiger partial charge in [0.1, 0.15) is 11.5 Å².